The van der Waals surface area contributed by atoms with Gasteiger partial charge in [0.2, 0.25) is 0 Å². The van der Waals surface area contributed by atoms with E-state index in [0.29, 0.717) is 5.75 Å². The number of aromatic nitrogens is 1. The molecular weight excluding hydrogens is 265 g/mol. The molecule has 1 aromatic heterocycles. The number of rotatable bonds is 4. The molecule has 0 saturated heterocycles. The number of thioether (sulfide) groups is 1. The average Bonchev–Trinajstić information content (AvgIpc) is 2.45. The Bertz CT molecular complexity index is 575. The third-order valence-corrected chi connectivity index (χ3v) is 3.58. The van der Waals surface area contributed by atoms with Crippen molar-refractivity contribution in [1.29, 1.82) is 0 Å². The molecule has 98 valence electrons. The summed E-state index contributed by atoms with van der Waals surface area (Å²) in [5.41, 5.74) is 0.770. The van der Waals surface area contributed by atoms with E-state index < -0.39 is 11.8 Å². The first-order valence-electron chi connectivity index (χ1n) is 5.60. The van der Waals surface area contributed by atoms with Gasteiger partial charge in [0.1, 0.15) is 5.82 Å². The summed E-state index contributed by atoms with van der Waals surface area (Å²) < 4.78 is 18.2. The third-order valence-electron chi connectivity index (χ3n) is 2.49. The van der Waals surface area contributed by atoms with Gasteiger partial charge in [-0.05, 0) is 29.8 Å². The van der Waals surface area contributed by atoms with E-state index in [-0.39, 0.29) is 5.56 Å². The second-order valence-electron chi connectivity index (χ2n) is 3.78. The van der Waals surface area contributed by atoms with Crippen molar-refractivity contribution in [1.82, 2.24) is 4.98 Å². The molecule has 0 aliphatic rings. The van der Waals surface area contributed by atoms with Crippen LogP contribution in [-0.4, -0.2) is 18.1 Å². The van der Waals surface area contributed by atoms with Gasteiger partial charge in [0.15, 0.2) is 0 Å². The Hall–Kier alpha value is -1.88. The molecule has 3 nitrogen and oxygen atoms in total. The number of carbonyl (C=O) groups excluding carboxylic acids is 1. The van der Waals surface area contributed by atoms with Crippen LogP contribution in [0.3, 0.4) is 0 Å². The predicted octanol–water partition coefficient (Wildman–Crippen LogP) is 3.30. The molecule has 1 heterocycles. The molecule has 0 bridgehead atoms. The largest absolute Gasteiger partial charge is 0.465 e. The number of esters is 1. The van der Waals surface area contributed by atoms with Crippen molar-refractivity contribution in [3.63, 3.8) is 0 Å². The van der Waals surface area contributed by atoms with E-state index in [4.69, 9.17) is 0 Å². The van der Waals surface area contributed by atoms with E-state index in [9.17, 15) is 9.18 Å². The summed E-state index contributed by atoms with van der Waals surface area (Å²) in [5, 5.41) is 0. The molecular formula is C14H12FNO2S. The smallest absolute Gasteiger partial charge is 0.340 e. The Labute approximate surface area is 114 Å². The molecule has 19 heavy (non-hydrogen) atoms. The number of hydrogen-bond acceptors (Lipinski definition) is 4. The predicted molar refractivity (Wildman–Crippen MR) is 71.5 cm³/mol. The molecule has 0 aliphatic heterocycles. The van der Waals surface area contributed by atoms with Crippen LogP contribution in [0, 0.1) is 5.82 Å². The monoisotopic (exact) mass is 277 g/mol. The van der Waals surface area contributed by atoms with Gasteiger partial charge >= 0.3 is 5.97 Å². The number of methoxy groups -OCH3 is 1. The first kappa shape index (κ1) is 13.5. The van der Waals surface area contributed by atoms with Crippen LogP contribution in [0.1, 0.15) is 15.9 Å². The average molecular weight is 277 g/mol. The molecule has 0 aliphatic carbocycles. The lowest BCUT2D eigenvalue weighted by Crippen LogP contribution is -2.04. The van der Waals surface area contributed by atoms with Crippen LogP contribution in [0.5, 0.6) is 0 Å². The van der Waals surface area contributed by atoms with Crippen molar-refractivity contribution in [3.8, 4) is 0 Å². The molecule has 0 radical (unpaired) electrons. The minimum absolute atomic E-state index is 0.0415. The maximum Gasteiger partial charge on any atom is 0.340 e. The quantitative estimate of drug-likeness (QED) is 0.635. The fourth-order valence-corrected chi connectivity index (χ4v) is 2.35. The Morgan fingerprint density at radius 1 is 1.32 bits per heavy atom. The molecule has 0 atom stereocenters. The maximum absolute atomic E-state index is 13.7. The summed E-state index contributed by atoms with van der Waals surface area (Å²) in [5.74, 6) is -0.590. The lowest BCUT2D eigenvalue weighted by Gasteiger charge is -2.05. The van der Waals surface area contributed by atoms with E-state index in [1.165, 1.54) is 19.2 Å². The van der Waals surface area contributed by atoms with Crippen LogP contribution < -0.4 is 0 Å². The second-order valence-corrected chi connectivity index (χ2v) is 4.83. The second kappa shape index (κ2) is 6.33. The molecule has 2 aromatic rings. The van der Waals surface area contributed by atoms with Gasteiger partial charge in [-0.1, -0.05) is 6.07 Å². The highest BCUT2D eigenvalue weighted by atomic mass is 32.2. The molecule has 0 unspecified atom stereocenters. The van der Waals surface area contributed by atoms with E-state index in [1.54, 1.807) is 30.2 Å². The van der Waals surface area contributed by atoms with Crippen LogP contribution >= 0.6 is 11.8 Å². The van der Waals surface area contributed by atoms with Gasteiger partial charge in [-0.3, -0.25) is 4.98 Å². The first-order valence-corrected chi connectivity index (χ1v) is 6.59. The number of nitrogens with zero attached hydrogens (tertiary/aromatic N) is 1. The Morgan fingerprint density at radius 2 is 2.05 bits per heavy atom. The molecule has 1 aromatic carbocycles. The number of carbonyl (C=O) groups is 1. The molecule has 0 amide bonds. The summed E-state index contributed by atoms with van der Waals surface area (Å²) >= 11 is 1.58. The van der Waals surface area contributed by atoms with Crippen LogP contribution in [0.4, 0.5) is 4.39 Å². The highest BCUT2D eigenvalue weighted by Gasteiger charge is 2.12. The minimum Gasteiger partial charge on any atom is -0.465 e. The minimum atomic E-state index is -0.661. The molecule has 0 spiro atoms. The van der Waals surface area contributed by atoms with E-state index in [0.717, 1.165) is 10.5 Å². The van der Waals surface area contributed by atoms with E-state index in [2.05, 4.69) is 9.72 Å². The van der Waals surface area contributed by atoms with Crippen LogP contribution in [-0.2, 0) is 10.5 Å². The number of benzene rings is 1. The number of ether oxygens (including phenoxy) is 1. The van der Waals surface area contributed by atoms with Crippen LogP contribution in [0.2, 0.25) is 0 Å². The standard InChI is InChI=1S/C14H12FNO2S/c1-18-14(17)12-3-2-10(8-13(12)15)9-19-11-4-6-16-7-5-11/h2-8H,9H2,1H3. The molecule has 5 heteroatoms. The van der Waals surface area contributed by atoms with E-state index >= 15 is 0 Å². The topological polar surface area (TPSA) is 39.2 Å². The normalized spacial score (nSPS) is 10.2. The number of hydrogen-bond donors (Lipinski definition) is 0. The van der Waals surface area contributed by atoms with Gasteiger partial charge in [0.25, 0.3) is 0 Å². The molecule has 2 rings (SSSR count). The Balaban J connectivity index is 2.06. The summed E-state index contributed by atoms with van der Waals surface area (Å²) in [6.07, 6.45) is 3.42. The lowest BCUT2D eigenvalue weighted by atomic mass is 10.1. The first-order chi connectivity index (χ1) is 9.20. The van der Waals surface area contributed by atoms with Crippen molar-refractivity contribution in [3.05, 3.63) is 59.7 Å². The van der Waals surface area contributed by atoms with Crippen molar-refractivity contribution in [2.24, 2.45) is 0 Å². The summed E-state index contributed by atoms with van der Waals surface area (Å²) in [6, 6.07) is 8.32. The SMILES string of the molecule is COC(=O)c1ccc(CSc2ccncc2)cc1F. The maximum atomic E-state index is 13.7. The Morgan fingerprint density at radius 3 is 2.68 bits per heavy atom. The summed E-state index contributed by atoms with van der Waals surface area (Å²) in [4.78, 5) is 16.2. The highest BCUT2D eigenvalue weighted by molar-refractivity contribution is 7.98. The van der Waals surface area contributed by atoms with Crippen molar-refractivity contribution >= 4 is 17.7 Å². The van der Waals surface area contributed by atoms with Gasteiger partial charge in [-0.25, -0.2) is 9.18 Å². The van der Waals surface area contributed by atoms with Crippen LogP contribution in [0.25, 0.3) is 0 Å². The summed E-state index contributed by atoms with van der Waals surface area (Å²) in [6.45, 7) is 0. The third kappa shape index (κ3) is 3.54. The molecule has 0 fully saturated rings. The van der Waals surface area contributed by atoms with Gasteiger partial charge in [0, 0.05) is 23.0 Å². The van der Waals surface area contributed by atoms with Crippen molar-refractivity contribution in [2.75, 3.05) is 7.11 Å². The van der Waals surface area contributed by atoms with Gasteiger partial charge in [0.05, 0.1) is 12.7 Å². The molecule has 0 saturated carbocycles. The zero-order valence-electron chi connectivity index (χ0n) is 10.3. The Kier molecular flexibility index (Phi) is 4.52. The highest BCUT2D eigenvalue weighted by Crippen LogP contribution is 2.23. The fraction of sp³-hybridized carbons (Fsp3) is 0.143. The van der Waals surface area contributed by atoms with Crippen molar-refractivity contribution < 1.29 is 13.9 Å². The van der Waals surface area contributed by atoms with Gasteiger partial charge < -0.3 is 4.74 Å². The van der Waals surface area contributed by atoms with E-state index in [1.807, 2.05) is 12.1 Å². The zero-order valence-corrected chi connectivity index (χ0v) is 11.1. The van der Waals surface area contributed by atoms with Gasteiger partial charge in [-0.2, -0.15) is 0 Å². The lowest BCUT2D eigenvalue weighted by molar-refractivity contribution is 0.0595. The number of halogens is 1. The van der Waals surface area contributed by atoms with Crippen molar-refractivity contribution in [2.45, 2.75) is 10.6 Å². The van der Waals surface area contributed by atoms with Gasteiger partial charge in [-0.15, -0.1) is 11.8 Å². The zero-order chi connectivity index (χ0) is 13.7. The molecule has 0 N–H and O–H groups in total. The summed E-state index contributed by atoms with van der Waals surface area (Å²) in [7, 11) is 1.23. The number of pyridine rings is 1. The van der Waals surface area contributed by atoms with Crippen LogP contribution in [0.15, 0.2) is 47.6 Å². The fourth-order valence-electron chi connectivity index (χ4n) is 1.53.